The molecule has 1 N–H and O–H groups in total. The summed E-state index contributed by atoms with van der Waals surface area (Å²) in [5.74, 6) is -0.707. The minimum atomic E-state index is -0.707. The molecule has 0 unspecified atom stereocenters. The van der Waals surface area contributed by atoms with Gasteiger partial charge in [-0.25, -0.2) is 0 Å². The van der Waals surface area contributed by atoms with Crippen molar-refractivity contribution < 1.29 is 12.0 Å². The number of benzene rings is 1. The lowest BCUT2D eigenvalue weighted by Gasteiger charge is -1.82. The van der Waals surface area contributed by atoms with Gasteiger partial charge in [0.1, 0.15) is 5.75 Å². The molecular formula is C6H6O. The number of hydrogen-bond acceptors (Lipinski definition) is 1. The predicted molar refractivity (Wildman–Crippen MR) is 28.1 cm³/mol. The molecule has 36 valence electrons. The third-order valence-corrected chi connectivity index (χ3v) is 0.487. The number of para-hydroxylation sites is 1. The first-order chi connectivity index (χ1) is 5.46. The van der Waals surface area contributed by atoms with E-state index >= 15 is 0 Å². The maximum atomic E-state index is 8.99. The van der Waals surface area contributed by atoms with Gasteiger partial charge >= 0.3 is 0 Å². The lowest BCUT2D eigenvalue weighted by Crippen LogP contribution is -1.56. The zero-order valence-electron chi connectivity index (χ0n) is 8.45. The number of phenols is 1. The number of aromatic hydroxyl groups is 1. The maximum Gasteiger partial charge on any atom is 0.115 e. The van der Waals surface area contributed by atoms with Gasteiger partial charge in [-0.05, 0) is 12.1 Å². The highest BCUT2D eigenvalue weighted by atomic mass is 16.3. The zero-order valence-corrected chi connectivity index (χ0v) is 3.45. The highest BCUT2D eigenvalue weighted by Gasteiger charge is 1.74. The van der Waals surface area contributed by atoms with E-state index in [-0.39, 0.29) is 0 Å². The minimum Gasteiger partial charge on any atom is -0.508 e. The van der Waals surface area contributed by atoms with Gasteiger partial charge in [-0.15, -0.1) is 0 Å². The lowest BCUT2D eigenvalue weighted by atomic mass is 10.3. The van der Waals surface area contributed by atoms with E-state index in [4.69, 9.17) is 12.0 Å². The summed E-state index contributed by atoms with van der Waals surface area (Å²) in [5.41, 5.74) is 0. The van der Waals surface area contributed by atoms with Gasteiger partial charge in [-0.2, -0.15) is 0 Å². The van der Waals surface area contributed by atoms with Crippen molar-refractivity contribution in [2.75, 3.05) is 0 Å². The molecule has 0 aromatic heterocycles. The van der Waals surface area contributed by atoms with Crippen LogP contribution in [0.5, 0.6) is 5.75 Å². The molecule has 1 nitrogen and oxygen atoms in total. The van der Waals surface area contributed by atoms with Crippen molar-refractivity contribution in [1.82, 2.24) is 0 Å². The van der Waals surface area contributed by atoms with E-state index in [0.29, 0.717) is 0 Å². The van der Waals surface area contributed by atoms with E-state index in [1.165, 1.54) is 0 Å². The molecule has 0 spiro atoms. The van der Waals surface area contributed by atoms with Crippen LogP contribution in [0.3, 0.4) is 0 Å². The molecule has 0 heterocycles. The van der Waals surface area contributed by atoms with Gasteiger partial charge in [-0.3, -0.25) is 0 Å². The van der Waals surface area contributed by atoms with Crippen molar-refractivity contribution in [1.29, 1.82) is 0 Å². The fraction of sp³-hybridized carbons (Fsp3) is 0. The van der Waals surface area contributed by atoms with E-state index in [9.17, 15) is 0 Å². The maximum absolute atomic E-state index is 8.99. The molecule has 0 aliphatic rings. The second-order valence-electron chi connectivity index (χ2n) is 0.974. The number of hydrogen-bond donors (Lipinski definition) is 1. The van der Waals surface area contributed by atoms with Crippen LogP contribution in [0.4, 0.5) is 0 Å². The number of phenolic OH excluding ortho intramolecular Hbond substituents is 1. The Morgan fingerprint density at radius 1 is 1.29 bits per heavy atom. The highest BCUT2D eigenvalue weighted by molar-refractivity contribution is 5.18. The molecule has 0 atom stereocenters. The summed E-state index contributed by atoms with van der Waals surface area (Å²) in [6.07, 6.45) is 0. The molecular weight excluding hydrogens is 88.1 g/mol. The van der Waals surface area contributed by atoms with E-state index in [0.717, 1.165) is 0 Å². The minimum absolute atomic E-state index is 0.497. The number of rotatable bonds is 0. The van der Waals surface area contributed by atoms with Crippen molar-refractivity contribution in [3.63, 3.8) is 0 Å². The van der Waals surface area contributed by atoms with Crippen LogP contribution in [0.25, 0.3) is 0 Å². The molecule has 0 radical (unpaired) electrons. The molecule has 0 bridgehead atoms. The van der Waals surface area contributed by atoms with Crippen molar-refractivity contribution in [2.24, 2.45) is 0 Å². The van der Waals surface area contributed by atoms with Crippen molar-refractivity contribution >= 4 is 0 Å². The van der Waals surface area contributed by atoms with Gasteiger partial charge in [0, 0.05) is 0 Å². The zero-order chi connectivity index (χ0) is 9.46. The summed E-state index contributed by atoms with van der Waals surface area (Å²) in [6, 6.07) is -2.67. The normalized spacial score (nSPS) is 18.6. The van der Waals surface area contributed by atoms with Crippen LogP contribution in [0.15, 0.2) is 30.2 Å². The molecule has 0 aliphatic heterocycles. The standard InChI is InChI=1S/C6H6O/c7-6-4-2-1-3-5-6/h1-5,7H/i1T,2T,3T,4T,5T. The quantitative estimate of drug-likeness (QED) is 0.527. The van der Waals surface area contributed by atoms with Crippen molar-refractivity contribution in [3.05, 3.63) is 30.2 Å². The largest absolute Gasteiger partial charge is 0.508 e. The summed E-state index contributed by atoms with van der Waals surface area (Å²) in [5, 5.41) is 8.99. The van der Waals surface area contributed by atoms with E-state index in [1.54, 1.807) is 0 Å². The lowest BCUT2D eigenvalue weighted by molar-refractivity contribution is 0.475. The first-order valence-corrected chi connectivity index (χ1v) is 1.72. The van der Waals surface area contributed by atoms with Gasteiger partial charge < -0.3 is 5.11 Å². The topological polar surface area (TPSA) is 20.2 Å². The molecule has 7 heavy (non-hydrogen) atoms. The van der Waals surface area contributed by atoms with E-state index in [1.807, 2.05) is 0 Å². The Morgan fingerprint density at radius 2 is 1.86 bits per heavy atom. The Kier molecular flexibility index (Phi) is 0.294. The Bertz CT molecular complexity index is 230. The van der Waals surface area contributed by atoms with Crippen LogP contribution in [-0.2, 0) is 0 Å². The fourth-order valence-electron chi connectivity index (χ4n) is 0.243. The third kappa shape index (κ3) is 0.929. The molecule has 0 amide bonds. The first kappa shape index (κ1) is 1.25. The summed E-state index contributed by atoms with van der Waals surface area (Å²) in [7, 11) is 0. The van der Waals surface area contributed by atoms with Crippen LogP contribution >= 0.6 is 0 Å². The summed E-state index contributed by atoms with van der Waals surface area (Å²) in [6.45, 7) is 0. The predicted octanol–water partition coefficient (Wildman–Crippen LogP) is 1.39. The Balaban J connectivity index is 3.60. The first-order valence-electron chi connectivity index (χ1n) is 4.22. The third-order valence-electron chi connectivity index (χ3n) is 0.487. The van der Waals surface area contributed by atoms with Gasteiger partial charge in [-0.1, -0.05) is 18.1 Å². The van der Waals surface area contributed by atoms with Crippen LogP contribution in [0, 0.1) is 0 Å². The average molecular weight is 104 g/mol. The summed E-state index contributed by atoms with van der Waals surface area (Å²) in [4.78, 5) is 0. The second-order valence-corrected chi connectivity index (χ2v) is 0.974. The van der Waals surface area contributed by atoms with E-state index < -0.39 is 36.0 Å². The average Bonchev–Trinajstić information content (AvgIpc) is 2.08. The fourth-order valence-corrected chi connectivity index (χ4v) is 0.243. The Morgan fingerprint density at radius 3 is 2.43 bits per heavy atom. The molecule has 1 aromatic carbocycles. The van der Waals surface area contributed by atoms with Gasteiger partial charge in [0.15, 0.2) is 0 Å². The molecule has 0 saturated carbocycles. The van der Waals surface area contributed by atoms with Gasteiger partial charge in [0.2, 0.25) is 0 Å². The smallest absolute Gasteiger partial charge is 0.115 e. The SMILES string of the molecule is [3H]c1c([3H])c([3H])c(O)c([3H])c1[3H]. The molecule has 0 fully saturated rings. The second kappa shape index (κ2) is 1.65. The Hall–Kier alpha value is -0.980. The van der Waals surface area contributed by atoms with Crippen LogP contribution in [-0.4, -0.2) is 5.11 Å². The van der Waals surface area contributed by atoms with Crippen LogP contribution in [0.1, 0.15) is 6.85 Å². The molecule has 1 aromatic rings. The molecule has 1 rings (SSSR count). The summed E-state index contributed by atoms with van der Waals surface area (Å²) >= 11 is 0. The molecule has 0 aliphatic carbocycles. The van der Waals surface area contributed by atoms with Crippen LogP contribution < -0.4 is 0 Å². The summed E-state index contributed by atoms with van der Waals surface area (Å²) < 4.78 is 35.4. The van der Waals surface area contributed by atoms with E-state index in [2.05, 4.69) is 0 Å². The van der Waals surface area contributed by atoms with Gasteiger partial charge in [0.25, 0.3) is 0 Å². The highest BCUT2D eigenvalue weighted by Crippen LogP contribution is 2.02. The van der Waals surface area contributed by atoms with Gasteiger partial charge in [0.05, 0.1) is 6.85 Å². The molecule has 1 heteroatoms. The van der Waals surface area contributed by atoms with Crippen molar-refractivity contribution in [3.8, 4) is 5.75 Å². The van der Waals surface area contributed by atoms with Crippen molar-refractivity contribution in [2.45, 2.75) is 0 Å². The monoisotopic (exact) mass is 104 g/mol. The molecule has 0 saturated heterocycles. The van der Waals surface area contributed by atoms with Crippen LogP contribution in [0.2, 0.25) is 0 Å². The Labute approximate surface area is 49.3 Å².